The normalized spacial score (nSPS) is 10.6. The highest BCUT2D eigenvalue weighted by atomic mass is 35.5. The number of ether oxygens (including phenoxy) is 1. The monoisotopic (exact) mass is 186 g/mol. The molecule has 1 nitrogen and oxygen atoms in total. The van der Waals surface area contributed by atoms with Gasteiger partial charge in [-0.2, -0.15) is 0 Å². The first-order chi connectivity index (χ1) is 5.75. The van der Waals surface area contributed by atoms with Crippen molar-refractivity contribution < 1.29 is 9.13 Å². The van der Waals surface area contributed by atoms with E-state index >= 15 is 0 Å². The van der Waals surface area contributed by atoms with E-state index in [0.717, 1.165) is 0 Å². The topological polar surface area (TPSA) is 9.23 Å². The minimum atomic E-state index is -0.421. The lowest BCUT2D eigenvalue weighted by Crippen LogP contribution is -1.80. The van der Waals surface area contributed by atoms with Gasteiger partial charge in [-0.15, -0.1) is 0 Å². The summed E-state index contributed by atoms with van der Waals surface area (Å²) in [6, 6.07) is 4.62. The minimum absolute atomic E-state index is 0.116. The van der Waals surface area contributed by atoms with Gasteiger partial charge in [0, 0.05) is 0 Å². The molecule has 0 spiro atoms. The van der Waals surface area contributed by atoms with Gasteiger partial charge in [-0.3, -0.25) is 0 Å². The first-order valence-electron chi connectivity index (χ1n) is 3.39. The molecule has 1 aromatic carbocycles. The molecule has 0 aliphatic rings. The summed E-state index contributed by atoms with van der Waals surface area (Å²) in [5.41, 5.74) is 0.610. The van der Waals surface area contributed by atoms with Crippen LogP contribution in [-0.4, -0.2) is 7.11 Å². The maximum absolute atomic E-state index is 12.8. The second kappa shape index (κ2) is 4.12. The highest BCUT2D eigenvalue weighted by molar-refractivity contribution is 6.32. The Morgan fingerprint density at radius 1 is 1.50 bits per heavy atom. The van der Waals surface area contributed by atoms with Crippen LogP contribution in [0.5, 0.6) is 0 Å². The van der Waals surface area contributed by atoms with Crippen molar-refractivity contribution in [3.05, 3.63) is 40.9 Å². The second-order valence-electron chi connectivity index (χ2n) is 2.18. The van der Waals surface area contributed by atoms with Gasteiger partial charge in [-0.05, 0) is 17.7 Å². The molecule has 0 aliphatic carbocycles. The van der Waals surface area contributed by atoms with Crippen LogP contribution in [0.2, 0.25) is 5.02 Å². The van der Waals surface area contributed by atoms with Gasteiger partial charge in [0.05, 0.1) is 18.4 Å². The quantitative estimate of drug-likeness (QED) is 0.645. The number of benzene rings is 1. The van der Waals surface area contributed by atoms with Crippen molar-refractivity contribution in [1.82, 2.24) is 0 Å². The molecule has 12 heavy (non-hydrogen) atoms. The molecule has 1 rings (SSSR count). The van der Waals surface area contributed by atoms with Crippen molar-refractivity contribution in [2.24, 2.45) is 0 Å². The van der Waals surface area contributed by atoms with E-state index in [4.69, 9.17) is 11.6 Å². The summed E-state index contributed by atoms with van der Waals surface area (Å²) in [5, 5.41) is 0.116. The van der Waals surface area contributed by atoms with Gasteiger partial charge in [-0.1, -0.05) is 23.7 Å². The van der Waals surface area contributed by atoms with Crippen molar-refractivity contribution in [1.29, 1.82) is 0 Å². The maximum atomic E-state index is 12.8. The van der Waals surface area contributed by atoms with Gasteiger partial charge in [0.25, 0.3) is 0 Å². The fourth-order valence-corrected chi connectivity index (χ4v) is 0.980. The Kier molecular flexibility index (Phi) is 3.11. The van der Waals surface area contributed by atoms with Crippen LogP contribution in [0.4, 0.5) is 4.39 Å². The van der Waals surface area contributed by atoms with Crippen molar-refractivity contribution in [2.75, 3.05) is 7.11 Å². The Labute approximate surface area is 75.4 Å². The predicted octanol–water partition coefficient (Wildman–Crippen LogP) is 3.10. The van der Waals surface area contributed by atoms with Crippen LogP contribution in [-0.2, 0) is 4.74 Å². The highest BCUT2D eigenvalue weighted by Gasteiger charge is 2.01. The summed E-state index contributed by atoms with van der Waals surface area (Å²) in [5.74, 6) is -0.421. The van der Waals surface area contributed by atoms with E-state index in [9.17, 15) is 4.39 Å². The van der Waals surface area contributed by atoms with Gasteiger partial charge < -0.3 is 4.74 Å². The summed E-state index contributed by atoms with van der Waals surface area (Å²) in [6.45, 7) is 0. The predicted molar refractivity (Wildman–Crippen MR) is 47.5 cm³/mol. The van der Waals surface area contributed by atoms with Gasteiger partial charge in [0.1, 0.15) is 5.82 Å². The lowest BCUT2D eigenvalue weighted by Gasteiger charge is -1.97. The molecular weight excluding hydrogens is 179 g/mol. The van der Waals surface area contributed by atoms with Gasteiger partial charge >= 0.3 is 0 Å². The van der Waals surface area contributed by atoms with E-state index in [1.165, 1.54) is 19.4 Å². The molecule has 0 N–H and O–H groups in total. The van der Waals surface area contributed by atoms with E-state index in [2.05, 4.69) is 4.74 Å². The van der Waals surface area contributed by atoms with Crippen molar-refractivity contribution in [2.45, 2.75) is 0 Å². The molecule has 1 aromatic rings. The second-order valence-corrected chi connectivity index (χ2v) is 2.56. The molecule has 0 atom stereocenters. The average molecular weight is 187 g/mol. The zero-order chi connectivity index (χ0) is 8.97. The van der Waals surface area contributed by atoms with Crippen LogP contribution < -0.4 is 0 Å². The van der Waals surface area contributed by atoms with Crippen LogP contribution in [0, 0.1) is 5.82 Å². The Bertz CT molecular complexity index is 297. The molecule has 0 saturated carbocycles. The largest absolute Gasteiger partial charge is 0.504 e. The van der Waals surface area contributed by atoms with Crippen molar-refractivity contribution in [3.63, 3.8) is 0 Å². The molecule has 0 radical (unpaired) electrons. The Morgan fingerprint density at radius 2 is 2.25 bits per heavy atom. The number of hydrogen-bond acceptors (Lipinski definition) is 1. The Balaban J connectivity index is 3.00. The summed E-state index contributed by atoms with van der Waals surface area (Å²) in [7, 11) is 1.52. The Morgan fingerprint density at radius 3 is 2.92 bits per heavy atom. The third-order valence-electron chi connectivity index (χ3n) is 1.37. The molecule has 64 valence electrons. The van der Waals surface area contributed by atoms with Gasteiger partial charge in [0.2, 0.25) is 0 Å². The number of methoxy groups -OCH3 is 1. The minimum Gasteiger partial charge on any atom is -0.504 e. The van der Waals surface area contributed by atoms with Gasteiger partial charge in [-0.25, -0.2) is 4.39 Å². The van der Waals surface area contributed by atoms with Crippen LogP contribution in [0.3, 0.4) is 0 Å². The molecule has 0 aromatic heterocycles. The van der Waals surface area contributed by atoms with Crippen LogP contribution in [0.1, 0.15) is 5.56 Å². The molecule has 0 unspecified atom stereocenters. The molecule has 0 aliphatic heterocycles. The Hall–Kier alpha value is -1.02. The van der Waals surface area contributed by atoms with Crippen LogP contribution >= 0.6 is 11.6 Å². The van der Waals surface area contributed by atoms with E-state index < -0.39 is 5.82 Å². The standard InChI is InChI=1S/C9H8ClFO/c1-12-6-5-7-3-2-4-8(11)9(7)10/h2-6H,1H3. The maximum Gasteiger partial charge on any atom is 0.142 e. The third kappa shape index (κ3) is 1.98. The molecular formula is C9H8ClFO. The fourth-order valence-electron chi connectivity index (χ4n) is 0.791. The molecule has 0 bridgehead atoms. The van der Waals surface area contributed by atoms with E-state index in [0.29, 0.717) is 5.56 Å². The zero-order valence-corrected chi connectivity index (χ0v) is 7.31. The molecule has 0 heterocycles. The van der Waals surface area contributed by atoms with Crippen molar-refractivity contribution >= 4 is 17.7 Å². The van der Waals surface area contributed by atoms with Crippen LogP contribution in [0.15, 0.2) is 24.5 Å². The van der Waals surface area contributed by atoms with E-state index in [1.54, 1.807) is 18.2 Å². The molecule has 0 amide bonds. The fraction of sp³-hybridized carbons (Fsp3) is 0.111. The van der Waals surface area contributed by atoms with Crippen molar-refractivity contribution in [3.8, 4) is 0 Å². The smallest absolute Gasteiger partial charge is 0.142 e. The molecule has 0 saturated heterocycles. The highest BCUT2D eigenvalue weighted by Crippen LogP contribution is 2.20. The first-order valence-corrected chi connectivity index (χ1v) is 3.77. The summed E-state index contributed by atoms with van der Waals surface area (Å²) in [6.07, 6.45) is 3.05. The third-order valence-corrected chi connectivity index (χ3v) is 1.76. The van der Waals surface area contributed by atoms with Crippen LogP contribution in [0.25, 0.3) is 6.08 Å². The summed E-state index contributed by atoms with van der Waals surface area (Å²) < 4.78 is 17.5. The number of hydrogen-bond donors (Lipinski definition) is 0. The van der Waals surface area contributed by atoms with E-state index in [-0.39, 0.29) is 5.02 Å². The summed E-state index contributed by atoms with van der Waals surface area (Å²) >= 11 is 5.65. The van der Waals surface area contributed by atoms with Gasteiger partial charge in [0.15, 0.2) is 0 Å². The first kappa shape index (κ1) is 9.07. The molecule has 3 heteroatoms. The zero-order valence-electron chi connectivity index (χ0n) is 6.55. The van der Waals surface area contributed by atoms with E-state index in [1.807, 2.05) is 0 Å². The average Bonchev–Trinajstić information content (AvgIpc) is 2.08. The lowest BCUT2D eigenvalue weighted by atomic mass is 10.2. The summed E-state index contributed by atoms with van der Waals surface area (Å²) in [4.78, 5) is 0. The lowest BCUT2D eigenvalue weighted by molar-refractivity contribution is 0.341. The number of rotatable bonds is 2. The number of halogens is 2. The molecule has 0 fully saturated rings. The SMILES string of the molecule is COC=Cc1cccc(F)c1Cl.